The normalized spacial score (nSPS) is 11.4. The molecule has 2 aromatic rings. The number of hydrogen-bond donors (Lipinski definition) is 1. The second-order valence-corrected chi connectivity index (χ2v) is 6.96. The molecule has 0 radical (unpaired) electrons. The van der Waals surface area contributed by atoms with Gasteiger partial charge in [0.05, 0.1) is 11.5 Å². The quantitative estimate of drug-likeness (QED) is 0.506. The van der Waals surface area contributed by atoms with Crippen LogP contribution in [0.2, 0.25) is 0 Å². The largest absolute Gasteiger partial charge is 0.484 e. The van der Waals surface area contributed by atoms with Crippen molar-refractivity contribution in [2.75, 3.05) is 25.5 Å². The molecule has 0 saturated heterocycles. The van der Waals surface area contributed by atoms with E-state index in [0.29, 0.717) is 17.7 Å². The zero-order valence-corrected chi connectivity index (χ0v) is 16.7. The van der Waals surface area contributed by atoms with Gasteiger partial charge in [0.1, 0.15) is 11.4 Å². The smallest absolute Gasteiger partial charge is 0.422 e. The van der Waals surface area contributed by atoms with Crippen LogP contribution in [0, 0.1) is 24.0 Å². The van der Waals surface area contributed by atoms with Crippen molar-refractivity contribution < 1.29 is 27.6 Å². The number of halogens is 3. The van der Waals surface area contributed by atoms with Crippen molar-refractivity contribution in [3.05, 3.63) is 63.2 Å². The van der Waals surface area contributed by atoms with E-state index in [0.717, 1.165) is 5.56 Å². The van der Waals surface area contributed by atoms with Gasteiger partial charge in [-0.15, -0.1) is 0 Å². The first-order valence-corrected chi connectivity index (χ1v) is 8.98. The molecular weight excluding hydrogens is 403 g/mol. The molecule has 0 unspecified atom stereocenters. The van der Waals surface area contributed by atoms with Crippen LogP contribution in [0.15, 0.2) is 36.4 Å². The number of ether oxygens (including phenoxy) is 1. The Morgan fingerprint density at radius 1 is 1.20 bits per heavy atom. The predicted molar refractivity (Wildman–Crippen MR) is 106 cm³/mol. The number of nitrogens with zero attached hydrogens (tertiary/aromatic N) is 2. The Labute approximate surface area is 171 Å². The van der Waals surface area contributed by atoms with E-state index < -0.39 is 23.6 Å². The molecule has 1 amide bonds. The highest BCUT2D eigenvalue weighted by Gasteiger charge is 2.29. The van der Waals surface area contributed by atoms with Crippen molar-refractivity contribution in [1.82, 2.24) is 4.90 Å². The van der Waals surface area contributed by atoms with E-state index >= 15 is 0 Å². The third kappa shape index (κ3) is 6.73. The van der Waals surface area contributed by atoms with Gasteiger partial charge in [-0.3, -0.25) is 19.8 Å². The van der Waals surface area contributed by atoms with Gasteiger partial charge in [-0.2, -0.15) is 13.2 Å². The number of amides is 1. The van der Waals surface area contributed by atoms with Gasteiger partial charge in [0.2, 0.25) is 5.91 Å². The van der Waals surface area contributed by atoms with Crippen molar-refractivity contribution in [2.24, 2.45) is 0 Å². The first-order valence-electron chi connectivity index (χ1n) is 8.98. The van der Waals surface area contributed by atoms with Gasteiger partial charge in [-0.25, -0.2) is 0 Å². The van der Waals surface area contributed by atoms with Crippen LogP contribution in [-0.4, -0.2) is 42.1 Å². The molecule has 2 rings (SSSR count). The van der Waals surface area contributed by atoms with Crippen molar-refractivity contribution in [2.45, 2.75) is 26.6 Å². The molecule has 2 aromatic carbocycles. The molecule has 0 aliphatic rings. The molecule has 0 aliphatic heterocycles. The van der Waals surface area contributed by atoms with Gasteiger partial charge in [-0.05, 0) is 43.7 Å². The molecule has 10 heteroatoms. The van der Waals surface area contributed by atoms with Crippen molar-refractivity contribution >= 4 is 17.3 Å². The molecule has 7 nitrogen and oxygen atoms in total. The molecule has 162 valence electrons. The Morgan fingerprint density at radius 2 is 1.80 bits per heavy atom. The van der Waals surface area contributed by atoms with Gasteiger partial charge in [0.25, 0.3) is 5.69 Å². The van der Waals surface area contributed by atoms with E-state index in [-0.39, 0.29) is 23.7 Å². The van der Waals surface area contributed by atoms with E-state index in [1.807, 2.05) is 0 Å². The minimum absolute atomic E-state index is 0.0313. The zero-order valence-electron chi connectivity index (χ0n) is 16.7. The number of hydrogen-bond acceptors (Lipinski definition) is 5. The Kier molecular flexibility index (Phi) is 7.38. The molecule has 0 bridgehead atoms. The van der Waals surface area contributed by atoms with E-state index in [1.165, 1.54) is 18.2 Å². The number of benzene rings is 2. The number of carbonyl (C=O) groups excluding carboxylic acids is 1. The molecule has 1 N–H and O–H groups in total. The first-order chi connectivity index (χ1) is 14.0. The predicted octanol–water partition coefficient (Wildman–Crippen LogP) is 4.22. The Hall–Kier alpha value is -3.14. The highest BCUT2D eigenvalue weighted by atomic mass is 19.4. The summed E-state index contributed by atoms with van der Waals surface area (Å²) in [6.07, 6.45) is -4.42. The van der Waals surface area contributed by atoms with Crippen LogP contribution in [-0.2, 0) is 11.3 Å². The monoisotopic (exact) mass is 425 g/mol. The van der Waals surface area contributed by atoms with Crippen LogP contribution in [0.5, 0.6) is 5.75 Å². The summed E-state index contributed by atoms with van der Waals surface area (Å²) in [7, 11) is 1.69. The lowest BCUT2D eigenvalue weighted by Crippen LogP contribution is -2.30. The van der Waals surface area contributed by atoms with E-state index in [4.69, 9.17) is 4.74 Å². The number of nitro groups is 1. The lowest BCUT2D eigenvalue weighted by Gasteiger charge is -2.19. The molecule has 0 saturated carbocycles. The van der Waals surface area contributed by atoms with E-state index in [1.54, 1.807) is 44.0 Å². The van der Waals surface area contributed by atoms with Crippen LogP contribution >= 0.6 is 0 Å². The van der Waals surface area contributed by atoms with Gasteiger partial charge in [0.15, 0.2) is 6.61 Å². The number of likely N-dealkylation sites (N-methyl/N-ethyl adjacent to an activating group) is 1. The summed E-state index contributed by atoms with van der Waals surface area (Å²) in [6.45, 7) is 2.27. The third-order valence-electron chi connectivity index (χ3n) is 4.14. The van der Waals surface area contributed by atoms with Gasteiger partial charge < -0.3 is 10.1 Å². The number of carbonyl (C=O) groups is 1. The number of nitrogens with one attached hydrogen (secondary N) is 1. The van der Waals surface area contributed by atoms with Crippen molar-refractivity contribution in [3.8, 4) is 5.75 Å². The van der Waals surface area contributed by atoms with E-state index in [2.05, 4.69) is 5.32 Å². The Morgan fingerprint density at radius 3 is 2.37 bits per heavy atom. The van der Waals surface area contributed by atoms with E-state index in [9.17, 15) is 28.1 Å². The molecule has 0 aromatic heterocycles. The molecule has 0 fully saturated rings. The summed E-state index contributed by atoms with van der Waals surface area (Å²) in [6, 6.07) is 9.24. The van der Waals surface area contributed by atoms with Crippen LogP contribution in [0.1, 0.15) is 16.7 Å². The van der Waals surface area contributed by atoms with Crippen LogP contribution in [0.4, 0.5) is 24.5 Å². The van der Waals surface area contributed by atoms with Gasteiger partial charge in [-0.1, -0.05) is 24.3 Å². The molecule has 0 heterocycles. The third-order valence-corrected chi connectivity index (χ3v) is 4.14. The summed E-state index contributed by atoms with van der Waals surface area (Å²) < 4.78 is 42.1. The fourth-order valence-corrected chi connectivity index (χ4v) is 3.05. The number of anilines is 1. The fraction of sp³-hybridized carbons (Fsp3) is 0.350. The zero-order chi connectivity index (χ0) is 22.5. The minimum atomic E-state index is -4.42. The summed E-state index contributed by atoms with van der Waals surface area (Å²) >= 11 is 0. The average Bonchev–Trinajstić information content (AvgIpc) is 2.59. The van der Waals surface area contributed by atoms with Crippen LogP contribution in [0.3, 0.4) is 0 Å². The Bertz CT molecular complexity index is 909. The lowest BCUT2D eigenvalue weighted by molar-refractivity contribution is -0.383. The van der Waals surface area contributed by atoms with Crippen LogP contribution in [0.25, 0.3) is 0 Å². The summed E-state index contributed by atoms with van der Waals surface area (Å²) in [4.78, 5) is 24.4. The second kappa shape index (κ2) is 9.57. The lowest BCUT2D eigenvalue weighted by atomic mass is 10.1. The summed E-state index contributed by atoms with van der Waals surface area (Å²) in [5.74, 6) is -0.238. The van der Waals surface area contributed by atoms with Crippen molar-refractivity contribution in [3.63, 3.8) is 0 Å². The number of alkyl halides is 3. The molecule has 30 heavy (non-hydrogen) atoms. The second-order valence-electron chi connectivity index (χ2n) is 6.96. The Balaban J connectivity index is 2.00. The highest BCUT2D eigenvalue weighted by Crippen LogP contribution is 2.28. The fourth-order valence-electron chi connectivity index (χ4n) is 3.05. The summed E-state index contributed by atoms with van der Waals surface area (Å²) in [5.41, 5.74) is 1.83. The molecule has 0 atom stereocenters. The SMILES string of the molecule is Cc1cc(CN(C)CC(=O)Nc2ccccc2[N+](=O)[O-])cc(C)c1OCC(F)(F)F. The maximum absolute atomic E-state index is 12.4. The molecule has 0 aliphatic carbocycles. The maximum Gasteiger partial charge on any atom is 0.422 e. The number of aryl methyl sites for hydroxylation is 2. The number of rotatable bonds is 8. The molecule has 0 spiro atoms. The van der Waals surface area contributed by atoms with Crippen LogP contribution < -0.4 is 10.1 Å². The van der Waals surface area contributed by atoms with Gasteiger partial charge >= 0.3 is 6.18 Å². The highest BCUT2D eigenvalue weighted by molar-refractivity contribution is 5.94. The minimum Gasteiger partial charge on any atom is -0.484 e. The standard InChI is InChI=1S/C20H22F3N3O4/c1-13-8-15(9-14(2)19(13)30-12-20(21,22)23)10-25(3)11-18(27)24-16-6-4-5-7-17(16)26(28)29/h4-9H,10-12H2,1-3H3,(H,24,27). The topological polar surface area (TPSA) is 84.7 Å². The average molecular weight is 425 g/mol. The number of para-hydroxylation sites is 2. The molecular formula is C20H22F3N3O4. The summed E-state index contributed by atoms with van der Waals surface area (Å²) in [5, 5.41) is 13.6. The maximum atomic E-state index is 12.4. The first kappa shape index (κ1) is 23.1. The van der Waals surface area contributed by atoms with Crippen molar-refractivity contribution in [1.29, 1.82) is 0 Å². The van der Waals surface area contributed by atoms with Gasteiger partial charge in [0, 0.05) is 12.6 Å². The number of nitro benzene ring substituents is 1.